The molecule has 166 valence electrons. The van der Waals surface area contributed by atoms with Crippen molar-refractivity contribution in [1.29, 1.82) is 0 Å². The molecule has 0 atom stereocenters. The maximum atomic E-state index is 5.03. The number of para-hydroxylation sites is 1. The number of benzene rings is 5. The van der Waals surface area contributed by atoms with Gasteiger partial charge in [0.05, 0.1) is 11.2 Å². The Morgan fingerprint density at radius 1 is 0.429 bits per heavy atom. The Labute approximate surface area is 213 Å². The molecule has 0 fully saturated rings. The van der Waals surface area contributed by atoms with E-state index in [9.17, 15) is 0 Å². The molecule has 6 rings (SSSR count). The van der Waals surface area contributed by atoms with Crippen molar-refractivity contribution in [1.82, 2.24) is 9.97 Å². The van der Waals surface area contributed by atoms with E-state index in [1.807, 2.05) is 30.3 Å². The predicted molar refractivity (Wildman–Crippen MR) is 149 cm³/mol. The van der Waals surface area contributed by atoms with E-state index in [1.54, 1.807) is 0 Å². The molecule has 6 aromatic rings. The second-order valence-corrected chi connectivity index (χ2v) is 9.36. The molecule has 0 unspecified atom stereocenters. The Bertz CT molecular complexity index is 1640. The average Bonchev–Trinajstić information content (AvgIpc) is 2.93. The normalized spacial score (nSPS) is 11.0. The van der Waals surface area contributed by atoms with Crippen LogP contribution in [0.15, 0.2) is 132 Å². The predicted octanol–water partition coefficient (Wildman–Crippen LogP) is 9.06. The molecule has 0 amide bonds. The summed E-state index contributed by atoms with van der Waals surface area (Å²) in [5, 5.41) is 1.06. The fourth-order valence-corrected chi connectivity index (χ4v) is 4.64. The largest absolute Gasteiger partial charge is 0.228 e. The van der Waals surface area contributed by atoms with Gasteiger partial charge in [0, 0.05) is 21.0 Å². The van der Waals surface area contributed by atoms with Crippen LogP contribution in [0.5, 0.6) is 0 Å². The Hall–Kier alpha value is -4.08. The monoisotopic (exact) mass is 512 g/mol. The highest BCUT2D eigenvalue weighted by Crippen LogP contribution is 2.32. The molecule has 0 saturated carbocycles. The van der Waals surface area contributed by atoms with Gasteiger partial charge in [0.15, 0.2) is 5.82 Å². The first-order chi connectivity index (χ1) is 17.2. The number of halogens is 1. The molecule has 0 aliphatic carbocycles. The third-order valence-electron chi connectivity index (χ3n) is 6.14. The van der Waals surface area contributed by atoms with Crippen LogP contribution in [0, 0.1) is 0 Å². The number of hydrogen-bond acceptors (Lipinski definition) is 2. The summed E-state index contributed by atoms with van der Waals surface area (Å²) in [7, 11) is 0. The lowest BCUT2D eigenvalue weighted by Crippen LogP contribution is -1.95. The van der Waals surface area contributed by atoms with E-state index in [-0.39, 0.29) is 0 Å². The molecule has 0 N–H and O–H groups in total. The summed E-state index contributed by atoms with van der Waals surface area (Å²) in [6.07, 6.45) is 0. The van der Waals surface area contributed by atoms with E-state index in [0.717, 1.165) is 49.1 Å². The van der Waals surface area contributed by atoms with Crippen molar-refractivity contribution in [3.63, 3.8) is 0 Å². The van der Waals surface area contributed by atoms with Gasteiger partial charge in [-0.25, -0.2) is 9.97 Å². The molecule has 0 aliphatic heterocycles. The number of fused-ring (bicyclic) bond motifs is 1. The van der Waals surface area contributed by atoms with E-state index < -0.39 is 0 Å². The first-order valence-corrected chi connectivity index (χ1v) is 12.3. The summed E-state index contributed by atoms with van der Waals surface area (Å²) in [6, 6.07) is 44.1. The molecule has 0 radical (unpaired) electrons. The van der Waals surface area contributed by atoms with Gasteiger partial charge in [-0.3, -0.25) is 0 Å². The van der Waals surface area contributed by atoms with Crippen LogP contribution in [0.2, 0.25) is 0 Å². The van der Waals surface area contributed by atoms with Gasteiger partial charge in [-0.2, -0.15) is 0 Å². The van der Waals surface area contributed by atoms with E-state index >= 15 is 0 Å². The highest BCUT2D eigenvalue weighted by Gasteiger charge is 2.12. The van der Waals surface area contributed by atoms with Crippen molar-refractivity contribution in [2.24, 2.45) is 0 Å². The zero-order valence-corrected chi connectivity index (χ0v) is 20.5. The Kier molecular flexibility index (Phi) is 5.69. The molecule has 0 bridgehead atoms. The van der Waals surface area contributed by atoms with Crippen LogP contribution in [-0.4, -0.2) is 9.97 Å². The van der Waals surface area contributed by atoms with Gasteiger partial charge in [-0.1, -0.05) is 113 Å². The Balaban J connectivity index is 1.45. The standard InChI is InChI=1S/C32H21BrN2/c33-28-18-16-22(17-19-28)24-10-6-11-25(20-24)26-12-7-13-27(21-26)32-34-30-15-5-4-14-29(30)31(35-32)23-8-2-1-3-9-23/h1-21H. The van der Waals surface area contributed by atoms with Gasteiger partial charge in [0.1, 0.15) is 0 Å². The van der Waals surface area contributed by atoms with Crippen LogP contribution in [0.4, 0.5) is 0 Å². The van der Waals surface area contributed by atoms with Crippen LogP contribution in [0.1, 0.15) is 0 Å². The van der Waals surface area contributed by atoms with Crippen LogP contribution >= 0.6 is 15.9 Å². The molecular formula is C32H21BrN2. The van der Waals surface area contributed by atoms with Crippen molar-refractivity contribution >= 4 is 26.8 Å². The zero-order valence-electron chi connectivity index (χ0n) is 18.9. The fourth-order valence-electron chi connectivity index (χ4n) is 4.38. The third kappa shape index (κ3) is 4.39. The molecule has 0 saturated heterocycles. The zero-order chi connectivity index (χ0) is 23.6. The molecule has 1 heterocycles. The van der Waals surface area contributed by atoms with Crippen molar-refractivity contribution < 1.29 is 0 Å². The lowest BCUT2D eigenvalue weighted by Gasteiger charge is -2.11. The maximum absolute atomic E-state index is 5.03. The molecule has 2 nitrogen and oxygen atoms in total. The van der Waals surface area contributed by atoms with Gasteiger partial charge in [-0.05, 0) is 52.6 Å². The SMILES string of the molecule is Brc1ccc(-c2cccc(-c3cccc(-c4nc(-c5ccccc5)c5ccccc5n4)c3)c2)cc1. The number of aromatic nitrogens is 2. The van der Waals surface area contributed by atoms with Gasteiger partial charge < -0.3 is 0 Å². The first-order valence-electron chi connectivity index (χ1n) is 11.5. The summed E-state index contributed by atoms with van der Waals surface area (Å²) < 4.78 is 1.08. The van der Waals surface area contributed by atoms with E-state index in [1.165, 1.54) is 11.1 Å². The van der Waals surface area contributed by atoms with Crippen LogP contribution in [-0.2, 0) is 0 Å². The number of nitrogens with zero attached hydrogens (tertiary/aromatic N) is 2. The summed E-state index contributed by atoms with van der Waals surface area (Å²) >= 11 is 3.52. The Morgan fingerprint density at radius 3 is 1.74 bits per heavy atom. The lowest BCUT2D eigenvalue weighted by molar-refractivity contribution is 1.23. The molecule has 0 aliphatic rings. The summed E-state index contributed by atoms with van der Waals surface area (Å²) in [5.74, 6) is 0.730. The van der Waals surface area contributed by atoms with Crippen molar-refractivity contribution in [2.45, 2.75) is 0 Å². The average molecular weight is 513 g/mol. The smallest absolute Gasteiger partial charge is 0.160 e. The van der Waals surface area contributed by atoms with E-state index in [0.29, 0.717) is 0 Å². The van der Waals surface area contributed by atoms with Crippen molar-refractivity contribution in [3.8, 4) is 44.9 Å². The third-order valence-corrected chi connectivity index (χ3v) is 6.67. The van der Waals surface area contributed by atoms with Gasteiger partial charge in [-0.15, -0.1) is 0 Å². The second kappa shape index (κ2) is 9.28. The minimum absolute atomic E-state index is 0.730. The van der Waals surface area contributed by atoms with Gasteiger partial charge in [0.25, 0.3) is 0 Å². The van der Waals surface area contributed by atoms with Crippen LogP contribution in [0.25, 0.3) is 55.8 Å². The number of hydrogen-bond donors (Lipinski definition) is 0. The second-order valence-electron chi connectivity index (χ2n) is 8.45. The van der Waals surface area contributed by atoms with Crippen LogP contribution < -0.4 is 0 Å². The Morgan fingerprint density at radius 2 is 1.00 bits per heavy atom. The molecular weight excluding hydrogens is 492 g/mol. The molecule has 0 spiro atoms. The first kappa shape index (κ1) is 21.5. The lowest BCUT2D eigenvalue weighted by atomic mass is 9.98. The highest BCUT2D eigenvalue weighted by atomic mass is 79.9. The minimum atomic E-state index is 0.730. The fraction of sp³-hybridized carbons (Fsp3) is 0. The quantitative estimate of drug-likeness (QED) is 0.235. The molecule has 35 heavy (non-hydrogen) atoms. The van der Waals surface area contributed by atoms with Gasteiger partial charge in [0.2, 0.25) is 0 Å². The summed E-state index contributed by atoms with van der Waals surface area (Å²) in [6.45, 7) is 0. The van der Waals surface area contributed by atoms with Crippen LogP contribution in [0.3, 0.4) is 0 Å². The van der Waals surface area contributed by atoms with Crippen molar-refractivity contribution in [2.75, 3.05) is 0 Å². The maximum Gasteiger partial charge on any atom is 0.160 e. The van der Waals surface area contributed by atoms with Crippen molar-refractivity contribution in [3.05, 3.63) is 132 Å². The van der Waals surface area contributed by atoms with E-state index in [2.05, 4.69) is 113 Å². The number of rotatable bonds is 4. The summed E-state index contributed by atoms with van der Waals surface area (Å²) in [4.78, 5) is 9.96. The van der Waals surface area contributed by atoms with E-state index in [4.69, 9.17) is 9.97 Å². The molecule has 1 aromatic heterocycles. The molecule has 5 aromatic carbocycles. The van der Waals surface area contributed by atoms with Gasteiger partial charge >= 0.3 is 0 Å². The minimum Gasteiger partial charge on any atom is -0.228 e. The highest BCUT2D eigenvalue weighted by molar-refractivity contribution is 9.10. The summed E-state index contributed by atoms with van der Waals surface area (Å²) in [5.41, 5.74) is 8.67. The molecule has 3 heteroatoms. The topological polar surface area (TPSA) is 25.8 Å².